The Bertz CT molecular complexity index is 1210. The standard InChI is InChI=1S/C20H24N4O4S/c1-14-6-5-7-17-19(14)21-13-24(20(17)26)12-18(25)22-15-8-10-16(11-9-15)29(4,27,28)23(2)3/h5-11,13H,12H2,1-4H3,(H,22,25)(H,27,28). The average Bonchev–Trinajstić information content (AvgIpc) is 2.64. The first kappa shape index (κ1) is 20.8. The van der Waals surface area contributed by atoms with E-state index in [4.69, 9.17) is 0 Å². The maximum atomic E-state index is 12.8. The molecule has 0 aliphatic heterocycles. The van der Waals surface area contributed by atoms with E-state index in [0.717, 1.165) is 5.56 Å². The number of fused-ring (bicyclic) bond motifs is 1. The van der Waals surface area contributed by atoms with Gasteiger partial charge in [0.2, 0.25) is 5.91 Å². The van der Waals surface area contributed by atoms with Gasteiger partial charge in [0.1, 0.15) is 6.54 Å². The Hall–Kier alpha value is -2.88. The zero-order valence-corrected chi connectivity index (χ0v) is 17.6. The molecule has 0 fully saturated rings. The van der Waals surface area contributed by atoms with Crippen molar-refractivity contribution in [1.29, 1.82) is 0 Å². The van der Waals surface area contributed by atoms with E-state index in [1.54, 1.807) is 24.3 Å². The minimum Gasteiger partial charge on any atom is -0.325 e. The van der Waals surface area contributed by atoms with Gasteiger partial charge in [-0.2, -0.15) is 4.21 Å². The number of para-hydroxylation sites is 1. The number of aryl methyl sites for hydroxylation is 1. The molecule has 3 aromatic rings. The molecule has 3 rings (SSSR count). The van der Waals surface area contributed by atoms with E-state index in [-0.39, 0.29) is 17.0 Å². The second-order valence-electron chi connectivity index (χ2n) is 7.27. The molecule has 0 radical (unpaired) electrons. The SMILES string of the molecule is Cc1cccc2c(=O)n(CC(=O)Nc3ccc(S(C)(=O)(O)N(C)C)cc3)cnc12. The Kier molecular flexibility index (Phi) is 5.16. The fraction of sp³-hybridized carbons (Fsp3) is 0.250. The highest BCUT2D eigenvalue weighted by Crippen LogP contribution is 2.31. The van der Waals surface area contributed by atoms with E-state index >= 15 is 0 Å². The van der Waals surface area contributed by atoms with E-state index < -0.39 is 15.4 Å². The summed E-state index contributed by atoms with van der Waals surface area (Å²) < 4.78 is 25.8. The molecule has 0 bridgehead atoms. The van der Waals surface area contributed by atoms with Gasteiger partial charge in [-0.1, -0.05) is 12.1 Å². The van der Waals surface area contributed by atoms with Crippen molar-refractivity contribution in [2.24, 2.45) is 0 Å². The number of carbonyl (C=O) groups excluding carboxylic acids is 1. The summed E-state index contributed by atoms with van der Waals surface area (Å²) in [6, 6.07) is 11.4. The highest BCUT2D eigenvalue weighted by Gasteiger charge is 2.26. The molecule has 0 atom stereocenters. The van der Waals surface area contributed by atoms with Crippen LogP contribution in [0.1, 0.15) is 5.56 Å². The molecule has 0 saturated heterocycles. The first-order valence-corrected chi connectivity index (χ1v) is 11.2. The number of benzene rings is 2. The maximum Gasteiger partial charge on any atom is 0.261 e. The van der Waals surface area contributed by atoms with Gasteiger partial charge in [0, 0.05) is 26.0 Å². The number of anilines is 1. The van der Waals surface area contributed by atoms with Gasteiger partial charge in [-0.25, -0.2) is 9.29 Å². The van der Waals surface area contributed by atoms with Crippen molar-refractivity contribution in [3.63, 3.8) is 0 Å². The van der Waals surface area contributed by atoms with Crippen LogP contribution in [-0.2, 0) is 20.9 Å². The maximum absolute atomic E-state index is 12.8. The molecule has 1 amide bonds. The van der Waals surface area contributed by atoms with E-state index in [1.807, 2.05) is 13.0 Å². The summed E-state index contributed by atoms with van der Waals surface area (Å²) in [6.45, 7) is 1.68. The van der Waals surface area contributed by atoms with E-state index in [9.17, 15) is 18.4 Å². The Morgan fingerprint density at radius 3 is 2.48 bits per heavy atom. The Balaban J connectivity index is 1.78. The fourth-order valence-electron chi connectivity index (χ4n) is 2.87. The molecular formula is C20H24N4O4S. The summed E-state index contributed by atoms with van der Waals surface area (Å²) in [5, 5.41) is 3.14. The van der Waals surface area contributed by atoms with Crippen LogP contribution in [0.4, 0.5) is 5.69 Å². The van der Waals surface area contributed by atoms with Crippen molar-refractivity contribution < 1.29 is 13.6 Å². The Morgan fingerprint density at radius 1 is 1.21 bits per heavy atom. The van der Waals surface area contributed by atoms with Gasteiger partial charge >= 0.3 is 0 Å². The van der Waals surface area contributed by atoms with Crippen LogP contribution in [0.25, 0.3) is 10.9 Å². The average molecular weight is 417 g/mol. The predicted molar refractivity (Wildman–Crippen MR) is 114 cm³/mol. The molecule has 1 heterocycles. The highest BCUT2D eigenvalue weighted by atomic mass is 32.3. The van der Waals surface area contributed by atoms with Crippen LogP contribution in [0, 0.1) is 6.92 Å². The zero-order chi connectivity index (χ0) is 21.4. The summed E-state index contributed by atoms with van der Waals surface area (Å²) in [7, 11) is -1.05. The molecule has 2 aromatic carbocycles. The van der Waals surface area contributed by atoms with E-state index in [2.05, 4.69) is 10.3 Å². The zero-order valence-electron chi connectivity index (χ0n) is 16.7. The van der Waals surface area contributed by atoms with Crippen LogP contribution in [0.15, 0.2) is 58.5 Å². The third-order valence-corrected chi connectivity index (χ3v) is 7.99. The monoisotopic (exact) mass is 416 g/mol. The molecule has 29 heavy (non-hydrogen) atoms. The van der Waals surface area contributed by atoms with Gasteiger partial charge < -0.3 is 5.32 Å². The van der Waals surface area contributed by atoms with E-state index in [1.165, 1.54) is 47.7 Å². The van der Waals surface area contributed by atoms with Crippen LogP contribution in [0.3, 0.4) is 0 Å². The quantitative estimate of drug-likeness (QED) is 0.663. The van der Waals surface area contributed by atoms with Crippen molar-refractivity contribution >= 4 is 32.0 Å². The van der Waals surface area contributed by atoms with Crippen molar-refractivity contribution in [2.75, 3.05) is 25.7 Å². The lowest BCUT2D eigenvalue weighted by Gasteiger charge is -2.45. The number of rotatable bonds is 5. The van der Waals surface area contributed by atoms with Gasteiger partial charge in [-0.3, -0.25) is 18.7 Å². The number of aromatic nitrogens is 2. The number of nitrogens with zero attached hydrogens (tertiary/aromatic N) is 3. The van der Waals surface area contributed by atoms with Gasteiger partial charge in [-0.15, -0.1) is 9.53 Å². The molecule has 0 aliphatic rings. The topological polar surface area (TPSA) is 105 Å². The third-order valence-electron chi connectivity index (χ3n) is 4.91. The lowest BCUT2D eigenvalue weighted by atomic mass is 10.1. The second-order valence-corrected chi connectivity index (χ2v) is 10.9. The molecule has 154 valence electrons. The van der Waals surface area contributed by atoms with Crippen LogP contribution >= 0.6 is 0 Å². The van der Waals surface area contributed by atoms with Crippen molar-refractivity contribution in [3.8, 4) is 0 Å². The number of amides is 1. The number of hydrogen-bond acceptors (Lipinski definition) is 4. The van der Waals surface area contributed by atoms with Crippen molar-refractivity contribution in [1.82, 2.24) is 13.9 Å². The van der Waals surface area contributed by atoms with Crippen molar-refractivity contribution in [3.05, 3.63) is 64.7 Å². The molecule has 0 aliphatic carbocycles. The molecule has 9 heteroatoms. The smallest absolute Gasteiger partial charge is 0.261 e. The lowest BCUT2D eigenvalue weighted by Crippen LogP contribution is -2.44. The first-order chi connectivity index (χ1) is 13.5. The lowest BCUT2D eigenvalue weighted by molar-refractivity contribution is -0.116. The minimum absolute atomic E-state index is 0.192. The summed E-state index contributed by atoms with van der Waals surface area (Å²) in [6.07, 6.45) is 2.63. The molecule has 0 spiro atoms. The highest BCUT2D eigenvalue weighted by molar-refractivity contribution is 8.12. The van der Waals surface area contributed by atoms with Crippen LogP contribution in [0.5, 0.6) is 0 Å². The van der Waals surface area contributed by atoms with Gasteiger partial charge in [0.05, 0.1) is 22.1 Å². The number of nitrogens with one attached hydrogen (secondary N) is 1. The molecule has 1 aromatic heterocycles. The summed E-state index contributed by atoms with van der Waals surface area (Å²) in [5.41, 5.74) is 1.68. The summed E-state index contributed by atoms with van der Waals surface area (Å²) >= 11 is 0. The fourth-order valence-corrected chi connectivity index (χ4v) is 4.05. The van der Waals surface area contributed by atoms with Gasteiger partial charge in [0.25, 0.3) is 5.56 Å². The van der Waals surface area contributed by atoms with Gasteiger partial charge in [-0.05, 0) is 42.8 Å². The number of carbonyl (C=O) groups is 1. The van der Waals surface area contributed by atoms with Gasteiger partial charge in [0.15, 0.2) is 0 Å². The van der Waals surface area contributed by atoms with Crippen LogP contribution < -0.4 is 10.9 Å². The molecule has 8 nitrogen and oxygen atoms in total. The van der Waals surface area contributed by atoms with E-state index in [0.29, 0.717) is 16.6 Å². The summed E-state index contributed by atoms with van der Waals surface area (Å²) in [5.74, 6) is -0.403. The van der Waals surface area contributed by atoms with Crippen LogP contribution in [-0.4, -0.2) is 48.9 Å². The second kappa shape index (κ2) is 7.18. The predicted octanol–water partition coefficient (Wildman–Crippen LogP) is 2.10. The Morgan fingerprint density at radius 2 is 1.86 bits per heavy atom. The molecule has 0 saturated carbocycles. The molecule has 0 unspecified atom stereocenters. The summed E-state index contributed by atoms with van der Waals surface area (Å²) in [4.78, 5) is 29.5. The third kappa shape index (κ3) is 3.98. The van der Waals surface area contributed by atoms with Crippen LogP contribution in [0.2, 0.25) is 0 Å². The molecular weight excluding hydrogens is 392 g/mol. The minimum atomic E-state index is -4.11. The normalized spacial score (nSPS) is 13.2. The Labute approximate surface area is 168 Å². The largest absolute Gasteiger partial charge is 0.325 e. The van der Waals surface area contributed by atoms with Crippen molar-refractivity contribution in [2.45, 2.75) is 18.4 Å². The molecule has 2 N–H and O–H groups in total. The first-order valence-electron chi connectivity index (χ1n) is 8.90. The number of hydrogen-bond donors (Lipinski definition) is 2.